The van der Waals surface area contributed by atoms with Crippen molar-refractivity contribution in [2.75, 3.05) is 0 Å². The van der Waals surface area contributed by atoms with Crippen molar-refractivity contribution in [2.45, 2.75) is 79.1 Å². The first-order valence-corrected chi connectivity index (χ1v) is 9.23. The van der Waals surface area contributed by atoms with Crippen molar-refractivity contribution in [3.8, 4) is 0 Å². The molecule has 0 heterocycles. The molecule has 2 nitrogen and oxygen atoms in total. The van der Waals surface area contributed by atoms with Gasteiger partial charge in [0.05, 0.1) is 0 Å². The van der Waals surface area contributed by atoms with E-state index in [1.54, 1.807) is 0 Å². The smallest absolute Gasteiger partial charge is 0.142 e. The molecule has 0 aromatic carbocycles. The summed E-state index contributed by atoms with van der Waals surface area (Å²) in [5.41, 5.74) is 0.379. The first kappa shape index (κ1) is 16.2. The normalized spacial score (nSPS) is 47.5. The second-order valence-corrected chi connectivity index (χ2v) is 9.53. The van der Waals surface area contributed by atoms with Crippen molar-refractivity contribution in [3.05, 3.63) is 0 Å². The van der Waals surface area contributed by atoms with Gasteiger partial charge in [0.15, 0.2) is 0 Å². The van der Waals surface area contributed by atoms with E-state index in [0.29, 0.717) is 29.0 Å². The van der Waals surface area contributed by atoms with Crippen molar-refractivity contribution in [2.24, 2.45) is 34.0 Å². The largest absolute Gasteiger partial charge is 0.303 e. The average molecular weight is 304 g/mol. The van der Waals surface area contributed by atoms with Gasteiger partial charge in [-0.15, -0.1) is 0 Å². The lowest BCUT2D eigenvalue weighted by atomic mass is 9.43. The number of hydrogen-bond donors (Lipinski definition) is 0. The van der Waals surface area contributed by atoms with Gasteiger partial charge < -0.3 is 4.79 Å². The maximum atomic E-state index is 13.1. The van der Waals surface area contributed by atoms with Crippen LogP contribution in [-0.2, 0) is 9.59 Å². The molecule has 3 rings (SSSR count). The summed E-state index contributed by atoms with van der Waals surface area (Å²) < 4.78 is 0. The predicted octanol–water partition coefficient (Wildman–Crippen LogP) is 4.80. The fourth-order valence-electron chi connectivity index (χ4n) is 6.61. The maximum absolute atomic E-state index is 13.1. The molecule has 124 valence electrons. The molecule has 0 unspecified atom stereocenters. The van der Waals surface area contributed by atoms with Crippen LogP contribution in [0.2, 0.25) is 0 Å². The van der Waals surface area contributed by atoms with Crippen molar-refractivity contribution in [1.82, 2.24) is 0 Å². The molecule has 22 heavy (non-hydrogen) atoms. The lowest BCUT2D eigenvalue weighted by Gasteiger charge is -2.61. The number of ketones is 1. The highest BCUT2D eigenvalue weighted by Gasteiger charge is 2.59. The number of Topliss-reactive ketones (excluding diaryl/α,β-unsaturated/α-hetero) is 1. The Morgan fingerprint density at radius 2 is 1.77 bits per heavy atom. The van der Waals surface area contributed by atoms with Crippen molar-refractivity contribution in [1.29, 1.82) is 0 Å². The Balaban J connectivity index is 1.90. The first-order chi connectivity index (χ1) is 10.2. The zero-order valence-electron chi connectivity index (χ0n) is 14.8. The molecule has 3 aliphatic rings. The van der Waals surface area contributed by atoms with Gasteiger partial charge in [-0.1, -0.05) is 34.1 Å². The standard InChI is InChI=1S/C20H32O2/c1-18(2)9-5-10-20(4)15-8-11-19(3,12-13-21)17(22)14(15)6-7-16(18)20/h13-16H,5-12H2,1-4H3/t14-,15+,16+,19+,20-/m1/s1. The van der Waals surface area contributed by atoms with Gasteiger partial charge in [-0.05, 0) is 61.2 Å². The summed E-state index contributed by atoms with van der Waals surface area (Å²) in [6.07, 6.45) is 9.62. The van der Waals surface area contributed by atoms with E-state index < -0.39 is 0 Å². The minimum Gasteiger partial charge on any atom is -0.303 e. The third-order valence-electron chi connectivity index (χ3n) is 7.85. The van der Waals surface area contributed by atoms with Gasteiger partial charge in [0, 0.05) is 17.8 Å². The molecular weight excluding hydrogens is 272 g/mol. The minimum atomic E-state index is -0.379. The van der Waals surface area contributed by atoms with E-state index in [-0.39, 0.29) is 11.3 Å². The molecule has 0 aliphatic heterocycles. The molecule has 0 spiro atoms. The molecule has 0 N–H and O–H groups in total. The molecule has 0 aromatic rings. The molecule has 0 radical (unpaired) electrons. The Morgan fingerprint density at radius 3 is 2.45 bits per heavy atom. The first-order valence-electron chi connectivity index (χ1n) is 9.23. The summed E-state index contributed by atoms with van der Waals surface area (Å²) in [5.74, 6) is 1.93. The fraction of sp³-hybridized carbons (Fsp3) is 0.900. The molecule has 2 heteroatoms. The predicted molar refractivity (Wildman–Crippen MR) is 88.5 cm³/mol. The van der Waals surface area contributed by atoms with Gasteiger partial charge >= 0.3 is 0 Å². The highest BCUT2D eigenvalue weighted by atomic mass is 16.1. The summed E-state index contributed by atoms with van der Waals surface area (Å²) in [5, 5.41) is 0. The van der Waals surface area contributed by atoms with Crippen LogP contribution in [-0.4, -0.2) is 12.1 Å². The molecule has 3 fully saturated rings. The Labute approximate surface area is 135 Å². The van der Waals surface area contributed by atoms with Crippen LogP contribution >= 0.6 is 0 Å². The van der Waals surface area contributed by atoms with Crippen molar-refractivity contribution >= 4 is 12.1 Å². The van der Waals surface area contributed by atoms with E-state index in [9.17, 15) is 9.59 Å². The second kappa shape index (κ2) is 5.18. The minimum absolute atomic E-state index is 0.217. The number of aldehydes is 1. The summed E-state index contributed by atoms with van der Waals surface area (Å²) in [6, 6.07) is 0. The van der Waals surface area contributed by atoms with Crippen molar-refractivity contribution < 1.29 is 9.59 Å². The molecule has 0 amide bonds. The van der Waals surface area contributed by atoms with E-state index >= 15 is 0 Å². The number of hydrogen-bond acceptors (Lipinski definition) is 2. The van der Waals surface area contributed by atoms with Gasteiger partial charge in [-0.3, -0.25) is 4.79 Å². The van der Waals surface area contributed by atoms with Crippen LogP contribution in [0.3, 0.4) is 0 Å². The van der Waals surface area contributed by atoms with Gasteiger partial charge in [-0.25, -0.2) is 0 Å². The SMILES string of the molecule is CC1(C)CCC[C@]2(C)[C@H]3CC[C@@](C)(CC=O)C(=O)[C@@H]3CC[C@@H]12. The number of carbonyl (C=O) groups is 2. The summed E-state index contributed by atoms with van der Waals surface area (Å²) in [7, 11) is 0. The van der Waals surface area contributed by atoms with Gasteiger partial charge in [0.25, 0.3) is 0 Å². The third kappa shape index (κ3) is 2.20. The highest BCUT2D eigenvalue weighted by molar-refractivity contribution is 5.89. The molecule has 0 aromatic heterocycles. The van der Waals surface area contributed by atoms with Crippen molar-refractivity contribution in [3.63, 3.8) is 0 Å². The Morgan fingerprint density at radius 1 is 1.05 bits per heavy atom. The summed E-state index contributed by atoms with van der Waals surface area (Å²) in [6.45, 7) is 9.39. The molecule has 0 bridgehead atoms. The van der Waals surface area contributed by atoms with E-state index in [4.69, 9.17) is 0 Å². The summed E-state index contributed by atoms with van der Waals surface area (Å²) in [4.78, 5) is 24.1. The Hall–Kier alpha value is -0.660. The molecule has 3 aliphatic carbocycles. The second-order valence-electron chi connectivity index (χ2n) is 9.53. The van der Waals surface area contributed by atoms with E-state index in [0.717, 1.165) is 31.5 Å². The Kier molecular flexibility index (Phi) is 3.81. The fourth-order valence-corrected chi connectivity index (χ4v) is 6.61. The Bertz CT molecular complexity index is 480. The van der Waals surface area contributed by atoms with Crippen LogP contribution in [0.15, 0.2) is 0 Å². The third-order valence-corrected chi connectivity index (χ3v) is 7.85. The number of carbonyl (C=O) groups excluding carboxylic acids is 2. The quantitative estimate of drug-likeness (QED) is 0.686. The lowest BCUT2D eigenvalue weighted by molar-refractivity contribution is -0.159. The maximum Gasteiger partial charge on any atom is 0.142 e. The van der Waals surface area contributed by atoms with E-state index in [2.05, 4.69) is 20.8 Å². The lowest BCUT2D eigenvalue weighted by Crippen LogP contribution is -2.56. The van der Waals surface area contributed by atoms with Gasteiger partial charge in [-0.2, -0.15) is 0 Å². The molecule has 3 saturated carbocycles. The zero-order chi connectivity index (χ0) is 16.2. The van der Waals surface area contributed by atoms with Gasteiger partial charge in [0.2, 0.25) is 0 Å². The van der Waals surface area contributed by atoms with Crippen LogP contribution in [0.5, 0.6) is 0 Å². The van der Waals surface area contributed by atoms with E-state index in [1.807, 2.05) is 6.92 Å². The highest BCUT2D eigenvalue weighted by Crippen LogP contribution is 2.64. The zero-order valence-corrected chi connectivity index (χ0v) is 14.8. The van der Waals surface area contributed by atoms with Gasteiger partial charge in [0.1, 0.15) is 12.1 Å². The molecule has 0 saturated heterocycles. The molecule has 5 atom stereocenters. The summed E-state index contributed by atoms with van der Waals surface area (Å²) >= 11 is 0. The number of rotatable bonds is 2. The number of fused-ring (bicyclic) bond motifs is 3. The monoisotopic (exact) mass is 304 g/mol. The van der Waals surface area contributed by atoms with Crippen LogP contribution in [0.4, 0.5) is 0 Å². The van der Waals surface area contributed by atoms with Crippen LogP contribution < -0.4 is 0 Å². The van der Waals surface area contributed by atoms with Crippen LogP contribution in [0.1, 0.15) is 79.1 Å². The average Bonchev–Trinajstić information content (AvgIpc) is 2.42. The topological polar surface area (TPSA) is 34.1 Å². The van der Waals surface area contributed by atoms with E-state index in [1.165, 1.54) is 25.7 Å². The molecular formula is C20H32O2. The van der Waals surface area contributed by atoms with Crippen LogP contribution in [0, 0.1) is 34.0 Å². The van der Waals surface area contributed by atoms with Crippen LogP contribution in [0.25, 0.3) is 0 Å².